The molecule has 0 heterocycles. The van der Waals surface area contributed by atoms with Gasteiger partial charge in [-0.2, -0.15) is 4.31 Å². The van der Waals surface area contributed by atoms with Gasteiger partial charge in [0.15, 0.2) is 0 Å². The standard InChI is InChI=1S/C14H14Cl2N2O2S/c1-18(9-10-5-2-3-6-11(10)15)21(19,20)14-12(16)7-4-8-13(14)17/h2-8H,9,17H2,1H3. The number of nitrogens with two attached hydrogens (primary N) is 1. The van der Waals surface area contributed by atoms with Crippen molar-refractivity contribution < 1.29 is 8.42 Å². The quantitative estimate of drug-likeness (QED) is 0.864. The summed E-state index contributed by atoms with van der Waals surface area (Å²) in [7, 11) is -2.34. The van der Waals surface area contributed by atoms with Crippen molar-refractivity contribution in [3.8, 4) is 0 Å². The van der Waals surface area contributed by atoms with Gasteiger partial charge >= 0.3 is 0 Å². The first-order chi connectivity index (χ1) is 9.84. The van der Waals surface area contributed by atoms with Crippen molar-refractivity contribution in [3.63, 3.8) is 0 Å². The van der Waals surface area contributed by atoms with E-state index < -0.39 is 10.0 Å². The Balaban J connectivity index is 2.38. The van der Waals surface area contributed by atoms with E-state index in [0.717, 1.165) is 0 Å². The fourth-order valence-corrected chi connectivity index (χ4v) is 3.88. The summed E-state index contributed by atoms with van der Waals surface area (Å²) in [6.07, 6.45) is 0. The van der Waals surface area contributed by atoms with Crippen LogP contribution in [0.25, 0.3) is 0 Å². The fourth-order valence-electron chi connectivity index (χ4n) is 1.90. The number of halogens is 2. The van der Waals surface area contributed by atoms with Crippen LogP contribution in [-0.4, -0.2) is 19.8 Å². The van der Waals surface area contributed by atoms with E-state index in [1.807, 2.05) is 0 Å². The third-order valence-electron chi connectivity index (χ3n) is 3.02. The molecule has 112 valence electrons. The molecule has 0 aromatic heterocycles. The molecule has 7 heteroatoms. The van der Waals surface area contributed by atoms with Crippen LogP contribution < -0.4 is 5.73 Å². The molecule has 0 aliphatic rings. The topological polar surface area (TPSA) is 63.4 Å². The van der Waals surface area contributed by atoms with Gasteiger partial charge in [-0.15, -0.1) is 0 Å². The third-order valence-corrected chi connectivity index (χ3v) is 5.73. The van der Waals surface area contributed by atoms with Crippen molar-refractivity contribution in [3.05, 3.63) is 58.1 Å². The van der Waals surface area contributed by atoms with Gasteiger partial charge in [-0.1, -0.05) is 47.5 Å². The molecular formula is C14H14Cl2N2O2S. The highest BCUT2D eigenvalue weighted by Crippen LogP contribution is 2.30. The summed E-state index contributed by atoms with van der Waals surface area (Å²) in [5.74, 6) is 0. The van der Waals surface area contributed by atoms with Gasteiger partial charge in [-0.25, -0.2) is 8.42 Å². The predicted octanol–water partition coefficient (Wildman–Crippen LogP) is 3.40. The molecule has 0 saturated carbocycles. The molecule has 0 fully saturated rings. The molecule has 2 aromatic rings. The van der Waals surface area contributed by atoms with Gasteiger partial charge < -0.3 is 5.73 Å². The third kappa shape index (κ3) is 3.32. The van der Waals surface area contributed by atoms with Gasteiger partial charge in [0.2, 0.25) is 10.0 Å². The molecule has 21 heavy (non-hydrogen) atoms. The lowest BCUT2D eigenvalue weighted by Crippen LogP contribution is -2.27. The van der Waals surface area contributed by atoms with Crippen molar-refractivity contribution in [1.82, 2.24) is 4.31 Å². The molecule has 0 bridgehead atoms. The Kier molecular flexibility index (Phi) is 4.78. The Labute approximate surface area is 134 Å². The molecule has 0 saturated heterocycles. The lowest BCUT2D eigenvalue weighted by atomic mass is 10.2. The van der Waals surface area contributed by atoms with Gasteiger partial charge in [-0.3, -0.25) is 0 Å². The van der Waals surface area contributed by atoms with E-state index in [1.165, 1.54) is 23.5 Å². The van der Waals surface area contributed by atoms with Crippen LogP contribution in [0.5, 0.6) is 0 Å². The second kappa shape index (κ2) is 6.23. The Morgan fingerprint density at radius 1 is 1.05 bits per heavy atom. The van der Waals surface area contributed by atoms with Gasteiger partial charge in [0.1, 0.15) is 4.90 Å². The maximum Gasteiger partial charge on any atom is 0.246 e. The Morgan fingerprint density at radius 3 is 2.29 bits per heavy atom. The molecule has 2 aromatic carbocycles. The van der Waals surface area contributed by atoms with E-state index in [-0.39, 0.29) is 22.2 Å². The van der Waals surface area contributed by atoms with E-state index in [4.69, 9.17) is 28.9 Å². The highest BCUT2D eigenvalue weighted by Gasteiger charge is 2.26. The number of benzene rings is 2. The maximum atomic E-state index is 12.6. The summed E-state index contributed by atoms with van der Waals surface area (Å²) >= 11 is 12.0. The van der Waals surface area contributed by atoms with Crippen LogP contribution >= 0.6 is 23.2 Å². The molecule has 0 spiro atoms. The maximum absolute atomic E-state index is 12.6. The largest absolute Gasteiger partial charge is 0.398 e. The Bertz CT molecular complexity index is 743. The smallest absolute Gasteiger partial charge is 0.246 e. The average Bonchev–Trinajstić information content (AvgIpc) is 2.40. The second-order valence-corrected chi connectivity index (χ2v) is 7.31. The number of nitrogen functional groups attached to an aromatic ring is 1. The number of sulfonamides is 1. The van der Waals surface area contributed by atoms with Crippen molar-refractivity contribution in [2.24, 2.45) is 0 Å². The van der Waals surface area contributed by atoms with Gasteiger partial charge in [-0.05, 0) is 23.8 Å². The summed E-state index contributed by atoms with van der Waals surface area (Å²) in [5, 5.41) is 0.604. The van der Waals surface area contributed by atoms with Crippen molar-refractivity contribution in [1.29, 1.82) is 0 Å². The first kappa shape index (κ1) is 16.1. The SMILES string of the molecule is CN(Cc1ccccc1Cl)S(=O)(=O)c1c(N)cccc1Cl. The molecule has 2 N–H and O–H groups in total. The minimum atomic E-state index is -3.80. The minimum Gasteiger partial charge on any atom is -0.398 e. The zero-order valence-electron chi connectivity index (χ0n) is 11.3. The van der Waals surface area contributed by atoms with Crippen LogP contribution in [0.4, 0.5) is 5.69 Å². The van der Waals surface area contributed by atoms with E-state index >= 15 is 0 Å². The molecule has 0 radical (unpaired) electrons. The first-order valence-electron chi connectivity index (χ1n) is 6.08. The van der Waals surface area contributed by atoms with Gasteiger partial charge in [0.05, 0.1) is 10.7 Å². The fraction of sp³-hybridized carbons (Fsp3) is 0.143. The monoisotopic (exact) mass is 344 g/mol. The molecule has 0 aliphatic heterocycles. The van der Waals surface area contributed by atoms with Crippen LogP contribution in [0.2, 0.25) is 10.0 Å². The number of anilines is 1. The number of nitrogens with zero attached hydrogens (tertiary/aromatic N) is 1. The summed E-state index contributed by atoms with van der Waals surface area (Å²) < 4.78 is 26.4. The normalized spacial score (nSPS) is 11.8. The zero-order chi connectivity index (χ0) is 15.6. The lowest BCUT2D eigenvalue weighted by molar-refractivity contribution is 0.467. The Morgan fingerprint density at radius 2 is 1.67 bits per heavy atom. The number of hydrogen-bond donors (Lipinski definition) is 1. The molecule has 0 atom stereocenters. The minimum absolute atomic E-state index is 0.0822. The molecule has 2 rings (SSSR count). The Hall–Kier alpha value is -1.27. The summed E-state index contributed by atoms with van der Waals surface area (Å²) in [5.41, 5.74) is 6.58. The molecule has 0 aliphatic carbocycles. The first-order valence-corrected chi connectivity index (χ1v) is 8.27. The van der Waals surface area contributed by atoms with Crippen molar-refractivity contribution >= 4 is 38.9 Å². The van der Waals surface area contributed by atoms with Crippen LogP contribution in [0.15, 0.2) is 47.4 Å². The zero-order valence-corrected chi connectivity index (χ0v) is 13.6. The van der Waals surface area contributed by atoms with Gasteiger partial charge in [0.25, 0.3) is 0 Å². The number of hydrogen-bond acceptors (Lipinski definition) is 3. The van der Waals surface area contributed by atoms with Crippen LogP contribution in [-0.2, 0) is 16.6 Å². The van der Waals surface area contributed by atoms with Crippen LogP contribution in [0, 0.1) is 0 Å². The van der Waals surface area contributed by atoms with Crippen molar-refractivity contribution in [2.75, 3.05) is 12.8 Å². The predicted molar refractivity (Wildman–Crippen MR) is 86.0 cm³/mol. The number of rotatable bonds is 4. The van der Waals surface area contributed by atoms with E-state index in [2.05, 4.69) is 0 Å². The summed E-state index contributed by atoms with van der Waals surface area (Å²) in [4.78, 5) is -0.0822. The molecule has 0 amide bonds. The molecular weight excluding hydrogens is 331 g/mol. The lowest BCUT2D eigenvalue weighted by Gasteiger charge is -2.19. The van der Waals surface area contributed by atoms with E-state index in [9.17, 15) is 8.42 Å². The summed E-state index contributed by atoms with van der Waals surface area (Å²) in [6.45, 7) is 0.132. The van der Waals surface area contributed by atoms with E-state index in [1.54, 1.807) is 30.3 Å². The second-order valence-electron chi connectivity index (χ2n) is 4.51. The molecule has 4 nitrogen and oxygen atoms in total. The van der Waals surface area contributed by atoms with E-state index in [0.29, 0.717) is 10.6 Å². The van der Waals surface area contributed by atoms with Crippen LogP contribution in [0.1, 0.15) is 5.56 Å². The highest BCUT2D eigenvalue weighted by atomic mass is 35.5. The molecule has 0 unspecified atom stereocenters. The van der Waals surface area contributed by atoms with Gasteiger partial charge in [0, 0.05) is 18.6 Å². The summed E-state index contributed by atoms with van der Waals surface area (Å²) in [6, 6.07) is 11.7. The average molecular weight is 345 g/mol. The van der Waals surface area contributed by atoms with Crippen molar-refractivity contribution in [2.45, 2.75) is 11.4 Å². The highest BCUT2D eigenvalue weighted by molar-refractivity contribution is 7.89. The van der Waals surface area contributed by atoms with Crippen LogP contribution in [0.3, 0.4) is 0 Å².